The first-order valence-electron chi connectivity index (χ1n) is 15.2. The normalized spacial score (nSPS) is 19.7. The Bertz CT molecular complexity index is 1760. The van der Waals surface area contributed by atoms with Gasteiger partial charge in [0, 0.05) is 56.1 Å². The number of carboxylic acids is 1. The minimum absolute atomic E-state index is 0.0260. The van der Waals surface area contributed by atoms with Gasteiger partial charge in [0.1, 0.15) is 6.04 Å². The zero-order valence-corrected chi connectivity index (χ0v) is 26.1. The molecule has 0 aliphatic carbocycles. The quantitative estimate of drug-likeness (QED) is 0.332. The molecule has 3 aliphatic heterocycles. The predicted octanol–water partition coefficient (Wildman–Crippen LogP) is 5.12. The summed E-state index contributed by atoms with van der Waals surface area (Å²) in [6, 6.07) is 14.1. The summed E-state index contributed by atoms with van der Waals surface area (Å²) in [7, 11) is 0. The summed E-state index contributed by atoms with van der Waals surface area (Å²) in [5, 5.41) is 15.9. The van der Waals surface area contributed by atoms with E-state index in [2.05, 4.69) is 10.5 Å². The van der Waals surface area contributed by atoms with Gasteiger partial charge in [-0.1, -0.05) is 35.0 Å². The van der Waals surface area contributed by atoms with Crippen molar-refractivity contribution in [2.75, 3.05) is 49.5 Å². The summed E-state index contributed by atoms with van der Waals surface area (Å²) < 4.78 is 53.7. The Labute approximate surface area is 277 Å². The molecule has 48 heavy (non-hydrogen) atoms. The van der Waals surface area contributed by atoms with E-state index < -0.39 is 48.5 Å². The molecule has 2 N–H and O–H groups in total. The second kappa shape index (κ2) is 13.4. The van der Waals surface area contributed by atoms with Gasteiger partial charge in [-0.3, -0.25) is 14.5 Å². The minimum Gasteiger partial charge on any atom is -0.478 e. The average Bonchev–Trinajstić information content (AvgIpc) is 3.55. The lowest BCUT2D eigenvalue weighted by Gasteiger charge is -2.41. The van der Waals surface area contributed by atoms with Crippen molar-refractivity contribution in [1.29, 1.82) is 0 Å². The van der Waals surface area contributed by atoms with Crippen molar-refractivity contribution in [3.8, 4) is 0 Å². The van der Waals surface area contributed by atoms with Crippen molar-refractivity contribution in [1.82, 2.24) is 9.80 Å². The third-order valence-corrected chi connectivity index (χ3v) is 8.94. The van der Waals surface area contributed by atoms with Crippen molar-refractivity contribution in [3.63, 3.8) is 0 Å². The van der Waals surface area contributed by atoms with Crippen LogP contribution >= 0.6 is 11.6 Å². The van der Waals surface area contributed by atoms with Crippen LogP contribution in [-0.4, -0.2) is 90.0 Å². The lowest BCUT2D eigenvalue weighted by Crippen LogP contribution is -2.51. The fourth-order valence-corrected chi connectivity index (χ4v) is 6.53. The van der Waals surface area contributed by atoms with Crippen LogP contribution in [0.1, 0.15) is 39.5 Å². The van der Waals surface area contributed by atoms with Crippen molar-refractivity contribution in [2.24, 2.45) is 5.16 Å². The molecule has 0 aromatic heterocycles. The van der Waals surface area contributed by atoms with Gasteiger partial charge in [0.15, 0.2) is 5.82 Å². The van der Waals surface area contributed by atoms with Gasteiger partial charge in [-0.05, 0) is 60.0 Å². The number of carbonyl (C=O) groups is 3. The summed E-state index contributed by atoms with van der Waals surface area (Å²) in [4.78, 5) is 49.6. The van der Waals surface area contributed by atoms with Gasteiger partial charge in [-0.25, -0.2) is 9.18 Å². The number of aromatic carboxylic acids is 1. The molecule has 10 nitrogen and oxygen atoms in total. The van der Waals surface area contributed by atoms with Crippen LogP contribution < -0.4 is 10.2 Å². The SMILES string of the molecule is O=C(O)c1ccc(NC(=O)[C@H]2c3cccc(N4CCN(CC(F)(F)F)CC4)c3CCN2C(=O)[C@H]2CC(c3cccc(Cl)c3F)=NO2)cc1. The van der Waals surface area contributed by atoms with Gasteiger partial charge in [0.05, 0.1) is 22.8 Å². The van der Waals surface area contributed by atoms with Crippen molar-refractivity contribution < 1.29 is 41.9 Å². The predicted molar refractivity (Wildman–Crippen MR) is 169 cm³/mol. The summed E-state index contributed by atoms with van der Waals surface area (Å²) >= 11 is 5.94. The fraction of sp³-hybridized carbons (Fsp3) is 0.333. The molecule has 2 amide bonds. The molecule has 15 heteroatoms. The Kier molecular flexibility index (Phi) is 9.30. The third-order valence-electron chi connectivity index (χ3n) is 8.65. The van der Waals surface area contributed by atoms with Crippen LogP contribution in [0.3, 0.4) is 0 Å². The molecule has 2 atom stereocenters. The standard InChI is InChI=1S/C33H30ClF4N5O5/c34-24-5-1-4-23(28(24)35)25-17-27(48-40-25)31(45)43-12-11-21-22(29(43)30(44)39-20-9-7-19(8-10-20)32(46)47)3-2-6-26(21)42-15-13-41(14-16-42)18-33(36,37)38/h1-10,27,29H,11-18H2,(H,39,44)(H,46,47)/t27-,29-/m1/s1. The Morgan fingerprint density at radius 3 is 2.38 bits per heavy atom. The number of nitrogens with zero attached hydrogens (tertiary/aromatic N) is 4. The molecule has 1 fully saturated rings. The lowest BCUT2D eigenvalue weighted by atomic mass is 9.89. The van der Waals surface area contributed by atoms with E-state index >= 15 is 0 Å². The largest absolute Gasteiger partial charge is 0.478 e. The van der Waals surface area contributed by atoms with Crippen LogP contribution in [0.2, 0.25) is 5.02 Å². The van der Waals surface area contributed by atoms with E-state index in [0.717, 1.165) is 11.3 Å². The first kappa shape index (κ1) is 33.2. The van der Waals surface area contributed by atoms with Crippen molar-refractivity contribution >= 4 is 46.5 Å². The number of carboxylic acid groups (broad SMARTS) is 1. The Balaban J connectivity index is 1.27. The number of nitrogens with one attached hydrogen (secondary N) is 1. The van der Waals surface area contributed by atoms with Crippen LogP contribution in [0.4, 0.5) is 28.9 Å². The molecule has 0 radical (unpaired) electrons. The smallest absolute Gasteiger partial charge is 0.401 e. The Morgan fingerprint density at radius 2 is 1.69 bits per heavy atom. The van der Waals surface area contributed by atoms with Crippen LogP contribution in [0, 0.1) is 5.82 Å². The van der Waals surface area contributed by atoms with Gasteiger partial charge >= 0.3 is 12.1 Å². The van der Waals surface area contributed by atoms with Gasteiger partial charge in [-0.2, -0.15) is 13.2 Å². The molecule has 0 saturated carbocycles. The number of hydrogen-bond acceptors (Lipinski definition) is 7. The van der Waals surface area contributed by atoms with Crippen molar-refractivity contribution in [2.45, 2.75) is 31.2 Å². The fourth-order valence-electron chi connectivity index (χ4n) is 6.35. The molecular formula is C33H30ClF4N5O5. The number of fused-ring (bicyclic) bond motifs is 1. The van der Waals surface area contributed by atoms with Crippen LogP contribution in [0.15, 0.2) is 65.8 Å². The maximum atomic E-state index is 14.7. The molecule has 0 unspecified atom stereocenters. The monoisotopic (exact) mass is 687 g/mol. The highest BCUT2D eigenvalue weighted by atomic mass is 35.5. The summed E-state index contributed by atoms with van der Waals surface area (Å²) in [5.74, 6) is -2.94. The number of halogens is 5. The summed E-state index contributed by atoms with van der Waals surface area (Å²) in [5.41, 5.74) is 2.72. The van der Waals surface area contributed by atoms with Gasteiger partial charge in [0.2, 0.25) is 6.10 Å². The molecule has 1 saturated heterocycles. The molecule has 6 rings (SSSR count). The molecule has 252 valence electrons. The van der Waals surface area contributed by atoms with Crippen LogP contribution in [0.5, 0.6) is 0 Å². The van der Waals surface area contributed by atoms with Gasteiger partial charge < -0.3 is 25.1 Å². The van der Waals surface area contributed by atoms with E-state index in [9.17, 15) is 37.1 Å². The van der Waals surface area contributed by atoms with Gasteiger partial charge in [-0.15, -0.1) is 0 Å². The molecule has 3 aromatic carbocycles. The molecule has 3 aliphatic rings. The highest BCUT2D eigenvalue weighted by molar-refractivity contribution is 6.31. The van der Waals surface area contributed by atoms with Crippen molar-refractivity contribution in [3.05, 3.63) is 93.8 Å². The second-order valence-electron chi connectivity index (χ2n) is 11.7. The van der Waals surface area contributed by atoms with Crippen LogP contribution in [-0.2, 0) is 20.8 Å². The number of rotatable bonds is 7. The molecular weight excluding hydrogens is 658 g/mol. The minimum atomic E-state index is -4.30. The zero-order chi connectivity index (χ0) is 34.2. The topological polar surface area (TPSA) is 115 Å². The van der Waals surface area contributed by atoms with E-state index in [4.69, 9.17) is 16.4 Å². The average molecular weight is 688 g/mol. The third kappa shape index (κ3) is 6.95. The highest BCUT2D eigenvalue weighted by Crippen LogP contribution is 2.38. The molecule has 3 aromatic rings. The summed E-state index contributed by atoms with van der Waals surface area (Å²) in [6.07, 6.45) is -5.15. The van der Waals surface area contributed by atoms with E-state index in [0.29, 0.717) is 30.8 Å². The maximum absolute atomic E-state index is 14.7. The highest BCUT2D eigenvalue weighted by Gasteiger charge is 2.43. The van der Waals surface area contributed by atoms with E-state index in [1.807, 2.05) is 11.0 Å². The number of alkyl halides is 3. The zero-order valence-electron chi connectivity index (χ0n) is 25.3. The number of carbonyl (C=O) groups excluding carboxylic acids is 2. The molecule has 0 bridgehead atoms. The van der Waals surface area contributed by atoms with Crippen LogP contribution in [0.25, 0.3) is 0 Å². The number of amides is 2. The number of benzene rings is 3. The Morgan fingerprint density at radius 1 is 0.979 bits per heavy atom. The van der Waals surface area contributed by atoms with E-state index in [-0.39, 0.29) is 47.9 Å². The number of hydrogen-bond donors (Lipinski definition) is 2. The first-order valence-corrected chi connectivity index (χ1v) is 15.5. The number of oxime groups is 1. The molecule has 3 heterocycles. The molecule has 0 spiro atoms. The van der Waals surface area contributed by atoms with E-state index in [1.165, 1.54) is 46.2 Å². The number of anilines is 2. The Hall–Kier alpha value is -4.69. The summed E-state index contributed by atoms with van der Waals surface area (Å²) in [6.45, 7) is 0.222. The number of piperazine rings is 1. The lowest BCUT2D eigenvalue weighted by molar-refractivity contribution is -0.148. The second-order valence-corrected chi connectivity index (χ2v) is 12.1. The van der Waals surface area contributed by atoms with Gasteiger partial charge in [0.25, 0.3) is 11.8 Å². The van der Waals surface area contributed by atoms with E-state index in [1.54, 1.807) is 18.2 Å². The maximum Gasteiger partial charge on any atom is 0.401 e. The first-order chi connectivity index (χ1) is 22.9.